The second kappa shape index (κ2) is 7.99. The third-order valence-corrected chi connectivity index (χ3v) is 5.97. The summed E-state index contributed by atoms with van der Waals surface area (Å²) in [6, 6.07) is 8.13. The number of aromatic nitrogens is 5. The number of aryl methyl sites for hydroxylation is 1. The van der Waals surface area contributed by atoms with Crippen LogP contribution in [-0.2, 0) is 13.0 Å². The highest BCUT2D eigenvalue weighted by Gasteiger charge is 2.18. The van der Waals surface area contributed by atoms with E-state index in [1.807, 2.05) is 42.9 Å². The number of pyridine rings is 3. The predicted molar refractivity (Wildman–Crippen MR) is 122 cm³/mol. The van der Waals surface area contributed by atoms with Gasteiger partial charge in [-0.25, -0.2) is 0 Å². The van der Waals surface area contributed by atoms with Crippen LogP contribution in [0.2, 0.25) is 0 Å². The van der Waals surface area contributed by atoms with Gasteiger partial charge >= 0.3 is 0 Å². The van der Waals surface area contributed by atoms with Gasteiger partial charge in [-0.05, 0) is 30.2 Å². The smallest absolute Gasteiger partial charge is 0.251 e. The Kier molecular flexibility index (Phi) is 5.03. The van der Waals surface area contributed by atoms with E-state index in [0.29, 0.717) is 6.42 Å². The third kappa shape index (κ3) is 3.72. The minimum absolute atomic E-state index is 0.0194. The summed E-state index contributed by atoms with van der Waals surface area (Å²) in [6.07, 6.45) is 4.64. The van der Waals surface area contributed by atoms with Crippen LogP contribution >= 0.6 is 0 Å². The van der Waals surface area contributed by atoms with Crippen molar-refractivity contribution in [3.63, 3.8) is 0 Å². The van der Waals surface area contributed by atoms with Crippen molar-refractivity contribution >= 4 is 28.3 Å². The third-order valence-electron chi connectivity index (χ3n) is 5.97. The van der Waals surface area contributed by atoms with E-state index in [2.05, 4.69) is 47.4 Å². The Bertz CT molecular complexity index is 1290. The zero-order valence-corrected chi connectivity index (χ0v) is 17.8. The Morgan fingerprint density at radius 1 is 1.13 bits per heavy atom. The zero-order valence-electron chi connectivity index (χ0n) is 17.8. The van der Waals surface area contributed by atoms with Crippen molar-refractivity contribution in [1.29, 1.82) is 0 Å². The van der Waals surface area contributed by atoms with Crippen LogP contribution in [0.1, 0.15) is 18.1 Å². The minimum atomic E-state index is -0.0194. The molecule has 9 nitrogen and oxygen atoms in total. The van der Waals surface area contributed by atoms with Crippen molar-refractivity contribution in [2.24, 2.45) is 0 Å². The van der Waals surface area contributed by atoms with E-state index in [4.69, 9.17) is 0 Å². The number of nitrogens with one attached hydrogen (secondary N) is 2. The predicted octanol–water partition coefficient (Wildman–Crippen LogP) is 1.89. The van der Waals surface area contributed by atoms with Crippen LogP contribution in [0.5, 0.6) is 0 Å². The van der Waals surface area contributed by atoms with Gasteiger partial charge in [0.2, 0.25) is 5.95 Å². The number of fused-ring (bicyclic) bond motifs is 2. The quantitative estimate of drug-likeness (QED) is 0.511. The summed E-state index contributed by atoms with van der Waals surface area (Å²) in [5.41, 5.74) is 5.52. The van der Waals surface area contributed by atoms with Crippen molar-refractivity contribution in [2.75, 3.05) is 43.4 Å². The first kappa shape index (κ1) is 19.5. The van der Waals surface area contributed by atoms with Crippen molar-refractivity contribution in [3.8, 4) is 0 Å². The Labute approximate surface area is 179 Å². The Hall–Kier alpha value is -3.46. The number of piperazine rings is 1. The molecular formula is C22H26N8O. The molecule has 0 aliphatic carbocycles. The number of aromatic amines is 1. The molecule has 0 spiro atoms. The largest absolute Gasteiger partial charge is 0.369 e. The fraction of sp³-hybridized carbons (Fsp3) is 0.364. The highest BCUT2D eigenvalue weighted by Crippen LogP contribution is 2.21. The topological polar surface area (TPSA) is 94.4 Å². The van der Waals surface area contributed by atoms with Gasteiger partial charge in [0.25, 0.3) is 5.56 Å². The zero-order chi connectivity index (χ0) is 21.4. The van der Waals surface area contributed by atoms with E-state index in [1.54, 1.807) is 0 Å². The van der Waals surface area contributed by atoms with E-state index < -0.39 is 0 Å². The molecule has 0 radical (unpaired) electrons. The SMILES string of the molecule is CCc1cc2ncc(CN3CCN(c4ccn5c(NC)nnc5c4)CC3)cc2[nH]c1=O. The summed E-state index contributed by atoms with van der Waals surface area (Å²) < 4.78 is 1.94. The van der Waals surface area contributed by atoms with Gasteiger partial charge in [0.1, 0.15) is 0 Å². The summed E-state index contributed by atoms with van der Waals surface area (Å²) in [4.78, 5) is 24.5. The first-order valence-corrected chi connectivity index (χ1v) is 10.7. The average molecular weight is 419 g/mol. The number of H-pyrrole nitrogens is 1. The highest BCUT2D eigenvalue weighted by atomic mass is 16.1. The molecule has 0 atom stereocenters. The number of anilines is 2. The molecule has 4 aromatic rings. The molecule has 4 aromatic heterocycles. The first-order chi connectivity index (χ1) is 15.1. The molecule has 31 heavy (non-hydrogen) atoms. The minimum Gasteiger partial charge on any atom is -0.369 e. The van der Waals surface area contributed by atoms with Crippen LogP contribution < -0.4 is 15.8 Å². The molecule has 1 saturated heterocycles. The van der Waals surface area contributed by atoms with Gasteiger partial charge in [-0.3, -0.25) is 19.1 Å². The van der Waals surface area contributed by atoms with Crippen LogP contribution in [0, 0.1) is 0 Å². The Morgan fingerprint density at radius 2 is 1.97 bits per heavy atom. The van der Waals surface area contributed by atoms with Crippen molar-refractivity contribution in [1.82, 2.24) is 29.5 Å². The van der Waals surface area contributed by atoms with Crippen molar-refractivity contribution in [3.05, 3.63) is 58.1 Å². The summed E-state index contributed by atoms with van der Waals surface area (Å²) in [5.74, 6) is 0.739. The molecule has 5 rings (SSSR count). The molecule has 1 aliphatic heterocycles. The molecule has 0 unspecified atom stereocenters. The van der Waals surface area contributed by atoms with Gasteiger partial charge in [0.05, 0.1) is 11.0 Å². The molecule has 0 saturated carbocycles. The maximum absolute atomic E-state index is 12.1. The lowest BCUT2D eigenvalue weighted by molar-refractivity contribution is 0.249. The van der Waals surface area contributed by atoms with Crippen LogP contribution in [0.3, 0.4) is 0 Å². The summed E-state index contributed by atoms with van der Waals surface area (Å²) in [5, 5.41) is 11.4. The second-order valence-corrected chi connectivity index (χ2v) is 7.90. The molecule has 0 aromatic carbocycles. The van der Waals surface area contributed by atoms with Crippen LogP contribution in [0.25, 0.3) is 16.7 Å². The van der Waals surface area contributed by atoms with Crippen LogP contribution in [-0.4, -0.2) is 62.7 Å². The lowest BCUT2D eigenvalue weighted by Gasteiger charge is -2.36. The molecule has 160 valence electrons. The van der Waals surface area contributed by atoms with Gasteiger partial charge in [-0.2, -0.15) is 0 Å². The van der Waals surface area contributed by atoms with Gasteiger partial charge in [0, 0.05) is 69.5 Å². The van der Waals surface area contributed by atoms with Gasteiger partial charge in [0.15, 0.2) is 5.65 Å². The monoisotopic (exact) mass is 418 g/mol. The molecule has 1 aliphatic rings. The summed E-state index contributed by atoms with van der Waals surface area (Å²) >= 11 is 0. The van der Waals surface area contributed by atoms with Gasteiger partial charge in [-0.1, -0.05) is 6.92 Å². The summed E-state index contributed by atoms with van der Waals surface area (Å²) in [6.45, 7) is 6.62. The van der Waals surface area contributed by atoms with E-state index in [1.165, 1.54) is 5.69 Å². The maximum Gasteiger partial charge on any atom is 0.251 e. The standard InChI is InChI=1S/C22H26N8O/c1-3-16-11-18-19(25-21(16)31)10-15(13-24-18)14-28-6-8-29(9-7-28)17-4-5-30-20(12-17)26-27-22(30)23-2/h4-5,10-13H,3,6-9,14H2,1-2H3,(H,23,27)(H,25,31). The van der Waals surface area contributed by atoms with Gasteiger partial charge < -0.3 is 15.2 Å². The van der Waals surface area contributed by atoms with E-state index in [-0.39, 0.29) is 5.56 Å². The van der Waals surface area contributed by atoms with E-state index in [9.17, 15) is 4.79 Å². The maximum atomic E-state index is 12.1. The normalized spacial score (nSPS) is 15.1. The van der Waals surface area contributed by atoms with Crippen LogP contribution in [0.4, 0.5) is 11.6 Å². The van der Waals surface area contributed by atoms with E-state index in [0.717, 1.165) is 66.5 Å². The number of hydrogen-bond donors (Lipinski definition) is 2. The van der Waals surface area contributed by atoms with Crippen LogP contribution in [0.15, 0.2) is 41.5 Å². The second-order valence-electron chi connectivity index (χ2n) is 7.90. The molecule has 5 heterocycles. The molecular weight excluding hydrogens is 392 g/mol. The number of hydrogen-bond acceptors (Lipinski definition) is 7. The van der Waals surface area contributed by atoms with Crippen molar-refractivity contribution < 1.29 is 0 Å². The first-order valence-electron chi connectivity index (χ1n) is 10.7. The highest BCUT2D eigenvalue weighted by molar-refractivity contribution is 5.74. The average Bonchev–Trinajstić information content (AvgIpc) is 3.21. The lowest BCUT2D eigenvalue weighted by atomic mass is 10.1. The lowest BCUT2D eigenvalue weighted by Crippen LogP contribution is -2.46. The molecule has 0 bridgehead atoms. The van der Waals surface area contributed by atoms with Crippen molar-refractivity contribution in [2.45, 2.75) is 19.9 Å². The molecule has 2 N–H and O–H groups in total. The Morgan fingerprint density at radius 3 is 2.74 bits per heavy atom. The molecule has 1 fully saturated rings. The Balaban J connectivity index is 1.26. The summed E-state index contributed by atoms with van der Waals surface area (Å²) in [7, 11) is 1.84. The molecule has 9 heteroatoms. The van der Waals surface area contributed by atoms with E-state index >= 15 is 0 Å². The molecule has 0 amide bonds. The fourth-order valence-corrected chi connectivity index (χ4v) is 4.19. The van der Waals surface area contributed by atoms with Gasteiger partial charge in [-0.15, -0.1) is 10.2 Å². The number of nitrogens with zero attached hydrogens (tertiary/aromatic N) is 6. The number of rotatable bonds is 5. The fourth-order valence-electron chi connectivity index (χ4n) is 4.19.